The van der Waals surface area contributed by atoms with Crippen LogP contribution in [0.5, 0.6) is 11.5 Å². The molecule has 0 radical (unpaired) electrons. The number of hydrogen-bond acceptors (Lipinski definition) is 6. The number of hydrogen-bond donors (Lipinski definition) is 0. The van der Waals surface area contributed by atoms with Gasteiger partial charge in [0.15, 0.2) is 11.5 Å². The van der Waals surface area contributed by atoms with Crippen LogP contribution in [-0.4, -0.2) is 58.6 Å². The Kier molecular flexibility index (Phi) is 6.53. The second kappa shape index (κ2) is 9.90. The van der Waals surface area contributed by atoms with Crippen LogP contribution in [0.3, 0.4) is 0 Å². The fraction of sp³-hybridized carbons (Fsp3) is 0.222. The minimum atomic E-state index is 0. The smallest absolute Gasteiger partial charge is 0.254 e. The van der Waals surface area contributed by atoms with Crippen LogP contribution in [0.4, 0.5) is 0 Å². The molecule has 0 spiro atoms. The Morgan fingerprint density at radius 2 is 1.66 bits per heavy atom. The van der Waals surface area contributed by atoms with E-state index in [1.165, 1.54) is 5.56 Å². The molecule has 4 aromatic rings. The number of pyridine rings is 2. The van der Waals surface area contributed by atoms with Crippen molar-refractivity contribution in [3.8, 4) is 22.9 Å². The van der Waals surface area contributed by atoms with Gasteiger partial charge >= 0.3 is 0 Å². The zero-order chi connectivity index (χ0) is 22.9. The Bertz CT molecular complexity index is 1360. The van der Waals surface area contributed by atoms with Crippen LogP contribution >= 0.6 is 12.4 Å². The molecule has 0 N–H and O–H groups in total. The summed E-state index contributed by atoms with van der Waals surface area (Å²) in [7, 11) is 0. The highest BCUT2D eigenvalue weighted by Gasteiger charge is 2.25. The Morgan fingerprint density at radius 3 is 2.49 bits per heavy atom. The summed E-state index contributed by atoms with van der Waals surface area (Å²) in [5.74, 6) is 1.65. The molecule has 2 aromatic carbocycles. The van der Waals surface area contributed by atoms with Crippen molar-refractivity contribution in [2.24, 2.45) is 0 Å². The first kappa shape index (κ1) is 23.1. The van der Waals surface area contributed by atoms with Crippen molar-refractivity contribution in [3.63, 3.8) is 0 Å². The van der Waals surface area contributed by atoms with Gasteiger partial charge in [-0.2, -0.15) is 0 Å². The molecule has 8 heteroatoms. The number of ether oxygens (including phenoxy) is 2. The zero-order valence-corrected chi connectivity index (χ0v) is 19.9. The minimum Gasteiger partial charge on any atom is -0.454 e. The van der Waals surface area contributed by atoms with E-state index >= 15 is 0 Å². The van der Waals surface area contributed by atoms with Gasteiger partial charge in [0.2, 0.25) is 6.79 Å². The number of fused-ring (bicyclic) bond motifs is 2. The number of carbonyl (C=O) groups excluding carboxylic acids is 1. The Morgan fingerprint density at radius 1 is 0.857 bits per heavy atom. The number of carbonyl (C=O) groups is 1. The highest BCUT2D eigenvalue weighted by molar-refractivity contribution is 6.07. The van der Waals surface area contributed by atoms with Gasteiger partial charge in [0.25, 0.3) is 5.91 Å². The maximum atomic E-state index is 13.6. The molecule has 178 valence electrons. The third-order valence-electron chi connectivity index (χ3n) is 6.38. The first-order valence-electron chi connectivity index (χ1n) is 11.5. The molecule has 2 aliphatic rings. The highest BCUT2D eigenvalue weighted by atomic mass is 35.5. The first-order chi connectivity index (χ1) is 16.7. The van der Waals surface area contributed by atoms with Gasteiger partial charge in [-0.05, 0) is 42.0 Å². The van der Waals surface area contributed by atoms with Crippen molar-refractivity contribution >= 4 is 29.2 Å². The Balaban J connectivity index is 0.00000253. The molecule has 2 aliphatic heterocycles. The second-order valence-corrected chi connectivity index (χ2v) is 8.54. The highest BCUT2D eigenvalue weighted by Crippen LogP contribution is 2.33. The lowest BCUT2D eigenvalue weighted by molar-refractivity contribution is 0.0630. The van der Waals surface area contributed by atoms with Crippen LogP contribution in [-0.2, 0) is 6.54 Å². The lowest BCUT2D eigenvalue weighted by Gasteiger charge is -2.35. The average Bonchev–Trinajstić information content (AvgIpc) is 3.37. The summed E-state index contributed by atoms with van der Waals surface area (Å²) in [6.45, 7) is 4.09. The van der Waals surface area contributed by atoms with Gasteiger partial charge in [0.1, 0.15) is 0 Å². The SMILES string of the molecule is Cl.O=C(c1cc(-c2ccccn2)nc2ccccc12)N1CCN(Cc2ccc3c(c2)OCO3)CC1. The summed E-state index contributed by atoms with van der Waals surface area (Å²) in [6.07, 6.45) is 1.74. The molecule has 1 amide bonds. The summed E-state index contributed by atoms with van der Waals surface area (Å²) in [5, 5.41) is 0.870. The van der Waals surface area contributed by atoms with E-state index in [-0.39, 0.29) is 25.1 Å². The third kappa shape index (κ3) is 4.65. The van der Waals surface area contributed by atoms with E-state index in [0.29, 0.717) is 24.3 Å². The van der Waals surface area contributed by atoms with Gasteiger partial charge in [-0.1, -0.05) is 30.3 Å². The predicted octanol–water partition coefficient (Wildman–Crippen LogP) is 4.41. The number of nitrogens with zero attached hydrogens (tertiary/aromatic N) is 4. The first-order valence-corrected chi connectivity index (χ1v) is 11.5. The van der Waals surface area contributed by atoms with Crippen LogP contribution in [0.25, 0.3) is 22.3 Å². The van der Waals surface area contributed by atoms with Gasteiger partial charge < -0.3 is 14.4 Å². The summed E-state index contributed by atoms with van der Waals surface area (Å²) >= 11 is 0. The third-order valence-corrected chi connectivity index (χ3v) is 6.38. The van der Waals surface area contributed by atoms with Gasteiger partial charge in [-0.15, -0.1) is 12.4 Å². The van der Waals surface area contributed by atoms with Gasteiger partial charge in [0, 0.05) is 44.3 Å². The normalized spacial score (nSPS) is 15.1. The summed E-state index contributed by atoms with van der Waals surface area (Å²) < 4.78 is 10.9. The van der Waals surface area contributed by atoms with Gasteiger partial charge in [-0.3, -0.25) is 14.7 Å². The molecule has 0 saturated carbocycles. The van der Waals surface area contributed by atoms with Gasteiger partial charge in [0.05, 0.1) is 22.5 Å². The standard InChI is InChI=1S/C27H24N4O3.ClH/c32-27(21-16-24(23-7-3-4-10-28-23)29-22-6-2-1-5-20(21)22)31-13-11-30(12-14-31)17-19-8-9-25-26(15-19)34-18-33-25;/h1-10,15-16H,11-14,17-18H2;1H. The summed E-state index contributed by atoms with van der Waals surface area (Å²) in [4.78, 5) is 27.1. The van der Waals surface area contributed by atoms with Crippen molar-refractivity contribution in [2.75, 3.05) is 33.0 Å². The number of rotatable bonds is 4. The molecule has 4 heterocycles. The zero-order valence-electron chi connectivity index (χ0n) is 19.1. The molecule has 1 saturated heterocycles. The van der Waals surface area contributed by atoms with Gasteiger partial charge in [-0.25, -0.2) is 4.98 Å². The van der Waals surface area contributed by atoms with Crippen LogP contribution in [0, 0.1) is 0 Å². The van der Waals surface area contributed by atoms with Crippen LogP contribution in [0.1, 0.15) is 15.9 Å². The van der Waals surface area contributed by atoms with E-state index in [1.54, 1.807) is 6.20 Å². The number of amides is 1. The maximum Gasteiger partial charge on any atom is 0.254 e. The summed E-state index contributed by atoms with van der Waals surface area (Å²) in [6, 6.07) is 21.5. The number of para-hydroxylation sites is 1. The van der Waals surface area contributed by atoms with E-state index < -0.39 is 0 Å². The van der Waals surface area contributed by atoms with Crippen LogP contribution in [0.2, 0.25) is 0 Å². The lowest BCUT2D eigenvalue weighted by Crippen LogP contribution is -2.48. The largest absolute Gasteiger partial charge is 0.454 e. The maximum absolute atomic E-state index is 13.6. The monoisotopic (exact) mass is 488 g/mol. The quantitative estimate of drug-likeness (QED) is 0.424. The fourth-order valence-corrected chi connectivity index (χ4v) is 4.57. The molecule has 0 bridgehead atoms. The topological polar surface area (TPSA) is 67.8 Å². The van der Waals surface area contributed by atoms with Crippen molar-refractivity contribution in [1.29, 1.82) is 0 Å². The molecule has 0 atom stereocenters. The Labute approximate surface area is 209 Å². The molecular formula is C27H25ClN4O3. The molecule has 6 rings (SSSR count). The van der Waals surface area contributed by atoms with Crippen molar-refractivity contribution < 1.29 is 14.3 Å². The van der Waals surface area contributed by atoms with E-state index in [0.717, 1.165) is 47.7 Å². The summed E-state index contributed by atoms with van der Waals surface area (Å²) in [5.41, 5.74) is 4.13. The fourth-order valence-electron chi connectivity index (χ4n) is 4.57. The van der Waals surface area contributed by atoms with Crippen LogP contribution < -0.4 is 9.47 Å². The molecule has 1 fully saturated rings. The van der Waals surface area contributed by atoms with E-state index in [9.17, 15) is 4.79 Å². The van der Waals surface area contributed by atoms with E-state index in [4.69, 9.17) is 14.5 Å². The number of benzene rings is 2. The predicted molar refractivity (Wildman–Crippen MR) is 136 cm³/mol. The molecule has 0 aliphatic carbocycles. The van der Waals surface area contributed by atoms with Crippen LogP contribution in [0.15, 0.2) is 72.9 Å². The van der Waals surface area contributed by atoms with E-state index in [2.05, 4.69) is 16.0 Å². The molecule has 35 heavy (non-hydrogen) atoms. The minimum absolute atomic E-state index is 0. The number of halogens is 1. The van der Waals surface area contributed by atoms with Crippen molar-refractivity contribution in [1.82, 2.24) is 19.8 Å². The van der Waals surface area contributed by atoms with Crippen molar-refractivity contribution in [2.45, 2.75) is 6.54 Å². The lowest BCUT2D eigenvalue weighted by atomic mass is 10.0. The van der Waals surface area contributed by atoms with E-state index in [1.807, 2.05) is 65.6 Å². The molecular weight excluding hydrogens is 464 g/mol. The average molecular weight is 489 g/mol. The number of aromatic nitrogens is 2. The number of piperazine rings is 1. The molecule has 0 unspecified atom stereocenters. The molecule has 2 aromatic heterocycles. The second-order valence-electron chi connectivity index (χ2n) is 8.54. The molecule has 7 nitrogen and oxygen atoms in total. The van der Waals surface area contributed by atoms with Crippen molar-refractivity contribution in [3.05, 3.63) is 84.1 Å². The Hall–Kier alpha value is -3.68.